The average Bonchev–Trinajstić information content (AvgIpc) is 2.81. The van der Waals surface area contributed by atoms with Crippen molar-refractivity contribution in [3.8, 4) is 5.75 Å². The van der Waals surface area contributed by atoms with Crippen molar-refractivity contribution >= 4 is 21.9 Å². The van der Waals surface area contributed by atoms with Crippen molar-refractivity contribution in [2.24, 2.45) is 0 Å². The summed E-state index contributed by atoms with van der Waals surface area (Å²) in [5, 5.41) is 9.03. The summed E-state index contributed by atoms with van der Waals surface area (Å²) < 4.78 is 8.38. The molecule has 1 aromatic heterocycles. The fourth-order valence-electron chi connectivity index (χ4n) is 2.58. The van der Waals surface area contributed by atoms with E-state index in [0.29, 0.717) is 18.1 Å². The summed E-state index contributed by atoms with van der Waals surface area (Å²) in [4.78, 5) is 11.0. The van der Waals surface area contributed by atoms with E-state index in [2.05, 4.69) is 22.0 Å². The van der Waals surface area contributed by atoms with Crippen LogP contribution < -0.4 is 4.74 Å². The highest BCUT2D eigenvalue weighted by atomic mass is 79.9. The van der Waals surface area contributed by atoms with E-state index < -0.39 is 5.97 Å². The van der Waals surface area contributed by atoms with Crippen molar-refractivity contribution in [3.63, 3.8) is 0 Å². The van der Waals surface area contributed by atoms with Crippen LogP contribution in [0, 0.1) is 0 Å². The molecule has 104 valence electrons. The molecular formula is C15H14BrNO3. The van der Waals surface area contributed by atoms with Crippen LogP contribution in [0.25, 0.3) is 0 Å². The summed E-state index contributed by atoms with van der Waals surface area (Å²) in [7, 11) is 0. The van der Waals surface area contributed by atoms with Crippen LogP contribution >= 0.6 is 15.9 Å². The Labute approximate surface area is 125 Å². The number of nitrogens with zero attached hydrogens (tertiary/aromatic N) is 1. The molecular weight excluding hydrogens is 322 g/mol. The number of para-hydroxylation sites is 1. The van der Waals surface area contributed by atoms with Gasteiger partial charge in [-0.15, -0.1) is 0 Å². The third-order valence-electron chi connectivity index (χ3n) is 3.59. The Balaban J connectivity index is 1.87. The Morgan fingerprint density at radius 2 is 2.25 bits per heavy atom. The molecule has 1 aliphatic heterocycles. The molecule has 1 aromatic carbocycles. The molecule has 0 saturated carbocycles. The van der Waals surface area contributed by atoms with Crippen LogP contribution in [0.1, 0.15) is 28.3 Å². The number of halogens is 1. The monoisotopic (exact) mass is 335 g/mol. The van der Waals surface area contributed by atoms with Crippen molar-refractivity contribution in [1.29, 1.82) is 0 Å². The Hall–Kier alpha value is -1.75. The molecule has 0 spiro atoms. The van der Waals surface area contributed by atoms with Gasteiger partial charge in [0.1, 0.15) is 5.75 Å². The number of ether oxygens (including phenoxy) is 1. The fourth-order valence-corrected chi connectivity index (χ4v) is 3.07. The minimum atomic E-state index is -0.906. The first kappa shape index (κ1) is 13.2. The lowest BCUT2D eigenvalue weighted by Crippen LogP contribution is -2.18. The number of carboxylic acids is 1. The minimum absolute atomic E-state index is 0.303. The molecule has 1 atom stereocenters. The molecule has 4 nitrogen and oxygen atoms in total. The Morgan fingerprint density at radius 3 is 3.00 bits per heavy atom. The molecule has 2 aromatic rings. The first-order valence-electron chi connectivity index (χ1n) is 6.46. The molecule has 1 aliphatic rings. The number of fused-ring (bicyclic) bond motifs is 1. The molecule has 0 saturated heterocycles. The van der Waals surface area contributed by atoms with Gasteiger partial charge >= 0.3 is 5.97 Å². The van der Waals surface area contributed by atoms with Crippen molar-refractivity contribution in [1.82, 2.24) is 4.57 Å². The Kier molecular flexibility index (Phi) is 3.53. The normalized spacial score (nSPS) is 17.4. The lowest BCUT2D eigenvalue weighted by Gasteiger charge is -2.26. The van der Waals surface area contributed by atoms with Crippen LogP contribution in [0.2, 0.25) is 0 Å². The third kappa shape index (κ3) is 2.45. The standard InChI is InChI=1S/C15H14BrNO3/c16-14-7-11(15(18)19)9-17(14)8-10-5-6-20-13-4-2-1-3-12(10)13/h1-4,7,9-10H,5-6,8H2,(H,18,19). The topological polar surface area (TPSA) is 51.5 Å². The highest BCUT2D eigenvalue weighted by Crippen LogP contribution is 2.35. The molecule has 1 unspecified atom stereocenters. The maximum Gasteiger partial charge on any atom is 0.337 e. The first-order valence-corrected chi connectivity index (χ1v) is 7.25. The van der Waals surface area contributed by atoms with Gasteiger partial charge in [-0.2, -0.15) is 0 Å². The van der Waals surface area contributed by atoms with Crippen LogP contribution in [0.3, 0.4) is 0 Å². The number of aromatic carboxylic acids is 1. The summed E-state index contributed by atoms with van der Waals surface area (Å²) in [6.07, 6.45) is 2.61. The van der Waals surface area contributed by atoms with E-state index in [0.717, 1.165) is 23.3 Å². The molecule has 0 bridgehead atoms. The van der Waals surface area contributed by atoms with E-state index >= 15 is 0 Å². The highest BCUT2D eigenvalue weighted by molar-refractivity contribution is 9.10. The number of carboxylic acid groups (broad SMARTS) is 1. The smallest absolute Gasteiger partial charge is 0.337 e. The molecule has 20 heavy (non-hydrogen) atoms. The van der Waals surface area contributed by atoms with Crippen molar-refractivity contribution in [2.75, 3.05) is 6.61 Å². The zero-order chi connectivity index (χ0) is 14.1. The maximum atomic E-state index is 11.0. The molecule has 1 N–H and O–H groups in total. The zero-order valence-corrected chi connectivity index (χ0v) is 12.3. The zero-order valence-electron chi connectivity index (χ0n) is 10.8. The van der Waals surface area contributed by atoms with Gasteiger partial charge in [0.25, 0.3) is 0 Å². The number of carbonyl (C=O) groups is 1. The van der Waals surface area contributed by atoms with Gasteiger partial charge in [-0.3, -0.25) is 0 Å². The summed E-state index contributed by atoms with van der Waals surface area (Å²) >= 11 is 3.42. The third-order valence-corrected chi connectivity index (χ3v) is 4.28. The second kappa shape index (κ2) is 5.32. The van der Waals surface area contributed by atoms with Gasteiger partial charge < -0.3 is 14.4 Å². The van der Waals surface area contributed by atoms with Crippen LogP contribution in [-0.4, -0.2) is 22.2 Å². The van der Waals surface area contributed by atoms with E-state index in [-0.39, 0.29) is 0 Å². The second-order valence-electron chi connectivity index (χ2n) is 4.88. The Bertz CT molecular complexity index is 650. The number of hydrogen-bond acceptors (Lipinski definition) is 2. The molecule has 0 radical (unpaired) electrons. The molecule has 2 heterocycles. The van der Waals surface area contributed by atoms with Gasteiger partial charge in [0, 0.05) is 18.7 Å². The molecule has 0 fully saturated rings. The van der Waals surface area contributed by atoms with E-state index in [1.54, 1.807) is 12.3 Å². The van der Waals surface area contributed by atoms with Crippen LogP contribution in [-0.2, 0) is 6.54 Å². The lowest BCUT2D eigenvalue weighted by molar-refractivity contribution is 0.0696. The van der Waals surface area contributed by atoms with Crippen molar-refractivity contribution in [3.05, 3.63) is 52.3 Å². The highest BCUT2D eigenvalue weighted by Gasteiger charge is 2.22. The fraction of sp³-hybridized carbons (Fsp3) is 0.267. The summed E-state index contributed by atoms with van der Waals surface area (Å²) in [5.41, 5.74) is 1.49. The van der Waals surface area contributed by atoms with Crippen molar-refractivity contribution in [2.45, 2.75) is 18.9 Å². The number of hydrogen-bond donors (Lipinski definition) is 1. The van der Waals surface area contributed by atoms with Gasteiger partial charge in [0.05, 0.1) is 16.8 Å². The average molecular weight is 336 g/mol. The maximum absolute atomic E-state index is 11.0. The minimum Gasteiger partial charge on any atom is -0.493 e. The number of benzene rings is 1. The number of aromatic nitrogens is 1. The van der Waals surface area contributed by atoms with Gasteiger partial charge in [0.2, 0.25) is 0 Å². The molecule has 0 amide bonds. The second-order valence-corrected chi connectivity index (χ2v) is 5.69. The van der Waals surface area contributed by atoms with E-state index in [1.807, 2.05) is 22.8 Å². The Morgan fingerprint density at radius 1 is 1.45 bits per heavy atom. The predicted molar refractivity (Wildman–Crippen MR) is 78.4 cm³/mol. The first-order chi connectivity index (χ1) is 9.65. The lowest BCUT2D eigenvalue weighted by atomic mass is 9.93. The van der Waals surface area contributed by atoms with Crippen LogP contribution in [0.5, 0.6) is 5.75 Å². The molecule has 5 heteroatoms. The largest absolute Gasteiger partial charge is 0.493 e. The van der Waals surface area contributed by atoms with Crippen LogP contribution in [0.4, 0.5) is 0 Å². The van der Waals surface area contributed by atoms with Crippen molar-refractivity contribution < 1.29 is 14.6 Å². The summed E-state index contributed by atoms with van der Waals surface area (Å²) in [6, 6.07) is 9.67. The number of rotatable bonds is 3. The van der Waals surface area contributed by atoms with Gasteiger partial charge in [0.15, 0.2) is 0 Å². The molecule has 3 rings (SSSR count). The van der Waals surface area contributed by atoms with Crippen LogP contribution in [0.15, 0.2) is 41.1 Å². The van der Waals surface area contributed by atoms with Gasteiger partial charge in [-0.05, 0) is 40.0 Å². The molecule has 0 aliphatic carbocycles. The van der Waals surface area contributed by atoms with E-state index in [9.17, 15) is 4.79 Å². The summed E-state index contributed by atoms with van der Waals surface area (Å²) in [5.74, 6) is 0.368. The predicted octanol–water partition coefficient (Wildman–Crippen LogP) is 3.52. The van der Waals surface area contributed by atoms with Gasteiger partial charge in [-0.25, -0.2) is 4.79 Å². The van der Waals surface area contributed by atoms with E-state index in [4.69, 9.17) is 9.84 Å². The summed E-state index contributed by atoms with van der Waals surface area (Å²) in [6.45, 7) is 1.45. The van der Waals surface area contributed by atoms with E-state index in [1.165, 1.54) is 5.56 Å². The SMILES string of the molecule is O=C(O)c1cc(Br)n(CC2CCOc3ccccc32)c1. The van der Waals surface area contributed by atoms with Gasteiger partial charge in [-0.1, -0.05) is 18.2 Å². The quantitative estimate of drug-likeness (QED) is 0.933.